The molecule has 0 spiro atoms. The first-order valence-corrected chi connectivity index (χ1v) is 7.87. The number of benzene rings is 2. The van der Waals surface area contributed by atoms with Gasteiger partial charge in [0.15, 0.2) is 11.5 Å². The van der Waals surface area contributed by atoms with Crippen molar-refractivity contribution in [3.8, 4) is 11.5 Å². The van der Waals surface area contributed by atoms with Gasteiger partial charge in [0, 0.05) is 6.54 Å². The molecular formula is C19H20FNO3. The lowest BCUT2D eigenvalue weighted by Crippen LogP contribution is -2.39. The fourth-order valence-corrected chi connectivity index (χ4v) is 3.21. The summed E-state index contributed by atoms with van der Waals surface area (Å²) in [6.07, 6.45) is 0.695. The largest absolute Gasteiger partial charge is 0.493 e. The Kier molecular flexibility index (Phi) is 4.42. The molecule has 5 heteroatoms. The lowest BCUT2D eigenvalue weighted by atomic mass is 9.92. The number of hydrogen-bond acceptors (Lipinski definition) is 3. The Labute approximate surface area is 140 Å². The zero-order valence-corrected chi connectivity index (χ0v) is 14.0. The average molecular weight is 329 g/mol. The Balaban J connectivity index is 1.96. The maximum atomic E-state index is 14.0. The van der Waals surface area contributed by atoms with Crippen molar-refractivity contribution in [1.82, 2.24) is 4.90 Å². The van der Waals surface area contributed by atoms with E-state index >= 15 is 0 Å². The van der Waals surface area contributed by atoms with E-state index in [9.17, 15) is 9.18 Å². The number of fused-ring (bicyclic) bond motifs is 1. The molecule has 0 radical (unpaired) electrons. The predicted octanol–water partition coefficient (Wildman–Crippen LogP) is 3.60. The molecule has 0 saturated carbocycles. The molecule has 1 aliphatic rings. The minimum atomic E-state index is -0.493. The highest BCUT2D eigenvalue weighted by Gasteiger charge is 2.30. The topological polar surface area (TPSA) is 38.8 Å². The molecule has 2 aromatic carbocycles. The first-order chi connectivity index (χ1) is 11.6. The van der Waals surface area contributed by atoms with Gasteiger partial charge >= 0.3 is 0 Å². The lowest BCUT2D eigenvalue weighted by Gasteiger charge is -2.36. The summed E-state index contributed by atoms with van der Waals surface area (Å²) in [7, 11) is 3.19. The van der Waals surface area contributed by atoms with Gasteiger partial charge in [0.2, 0.25) is 0 Å². The SMILES string of the molecule is COc1cc2c(cc1OC)C(C)N(C(=O)c1ccccc1F)CC2. The third-order valence-corrected chi connectivity index (χ3v) is 4.55. The average Bonchev–Trinajstić information content (AvgIpc) is 2.61. The van der Waals surface area contributed by atoms with Crippen LogP contribution in [0.2, 0.25) is 0 Å². The molecule has 0 saturated heterocycles. The van der Waals surface area contributed by atoms with Crippen LogP contribution in [0.4, 0.5) is 4.39 Å². The number of hydrogen-bond donors (Lipinski definition) is 0. The summed E-state index contributed by atoms with van der Waals surface area (Å²) in [4.78, 5) is 14.4. The first-order valence-electron chi connectivity index (χ1n) is 7.87. The summed E-state index contributed by atoms with van der Waals surface area (Å²) in [5, 5.41) is 0. The van der Waals surface area contributed by atoms with Gasteiger partial charge in [0.25, 0.3) is 5.91 Å². The van der Waals surface area contributed by atoms with Crippen LogP contribution in [0.3, 0.4) is 0 Å². The van der Waals surface area contributed by atoms with Crippen LogP contribution in [0.15, 0.2) is 36.4 Å². The molecule has 0 aromatic heterocycles. The van der Waals surface area contributed by atoms with Crippen molar-refractivity contribution in [2.45, 2.75) is 19.4 Å². The van der Waals surface area contributed by atoms with Gasteiger partial charge in [-0.1, -0.05) is 12.1 Å². The Hall–Kier alpha value is -2.56. The van der Waals surface area contributed by atoms with Gasteiger partial charge in [-0.15, -0.1) is 0 Å². The van der Waals surface area contributed by atoms with Gasteiger partial charge in [0.1, 0.15) is 5.82 Å². The van der Waals surface area contributed by atoms with E-state index in [4.69, 9.17) is 9.47 Å². The fourth-order valence-electron chi connectivity index (χ4n) is 3.21. The molecule has 4 nitrogen and oxygen atoms in total. The molecular weight excluding hydrogens is 309 g/mol. The molecule has 0 N–H and O–H groups in total. The second-order valence-electron chi connectivity index (χ2n) is 5.81. The molecule has 126 valence electrons. The van der Waals surface area contributed by atoms with Crippen LogP contribution in [0.5, 0.6) is 11.5 Å². The monoisotopic (exact) mass is 329 g/mol. The fraction of sp³-hybridized carbons (Fsp3) is 0.316. The number of methoxy groups -OCH3 is 2. The molecule has 1 heterocycles. The van der Waals surface area contributed by atoms with Gasteiger partial charge in [-0.2, -0.15) is 0 Å². The van der Waals surface area contributed by atoms with E-state index in [1.165, 1.54) is 12.1 Å². The highest BCUT2D eigenvalue weighted by atomic mass is 19.1. The standard InChI is InChI=1S/C19H20FNO3/c1-12-15-11-18(24-3)17(23-2)10-13(15)8-9-21(12)19(22)14-6-4-5-7-16(14)20/h4-7,10-12H,8-9H2,1-3H3. The van der Waals surface area contributed by atoms with Crippen LogP contribution in [-0.2, 0) is 6.42 Å². The molecule has 1 amide bonds. The number of halogens is 1. The molecule has 3 rings (SSSR count). The molecule has 1 unspecified atom stereocenters. The van der Waals surface area contributed by atoms with Crippen molar-refractivity contribution in [2.24, 2.45) is 0 Å². The summed E-state index contributed by atoms with van der Waals surface area (Å²) in [6, 6.07) is 9.78. The Morgan fingerprint density at radius 2 is 1.83 bits per heavy atom. The van der Waals surface area contributed by atoms with Gasteiger partial charge in [-0.05, 0) is 48.7 Å². The van der Waals surface area contributed by atoms with Crippen LogP contribution in [0.25, 0.3) is 0 Å². The Bertz CT molecular complexity index is 775. The molecule has 0 aliphatic carbocycles. The number of carbonyl (C=O) groups is 1. The van der Waals surface area contributed by atoms with Crippen LogP contribution in [0, 0.1) is 5.82 Å². The van der Waals surface area contributed by atoms with Crippen molar-refractivity contribution in [3.63, 3.8) is 0 Å². The maximum absolute atomic E-state index is 14.0. The lowest BCUT2D eigenvalue weighted by molar-refractivity contribution is 0.0672. The van der Waals surface area contributed by atoms with Crippen LogP contribution < -0.4 is 9.47 Å². The third-order valence-electron chi connectivity index (χ3n) is 4.55. The van der Waals surface area contributed by atoms with Crippen molar-refractivity contribution in [1.29, 1.82) is 0 Å². The highest BCUT2D eigenvalue weighted by Crippen LogP contribution is 2.38. The van der Waals surface area contributed by atoms with Crippen molar-refractivity contribution in [3.05, 3.63) is 58.9 Å². The molecule has 1 atom stereocenters. The zero-order valence-electron chi connectivity index (χ0n) is 14.0. The molecule has 24 heavy (non-hydrogen) atoms. The number of ether oxygens (including phenoxy) is 2. The highest BCUT2D eigenvalue weighted by molar-refractivity contribution is 5.95. The van der Waals surface area contributed by atoms with Crippen molar-refractivity contribution < 1.29 is 18.7 Å². The van der Waals surface area contributed by atoms with Gasteiger partial charge in [0.05, 0.1) is 25.8 Å². The minimum absolute atomic E-state index is 0.105. The molecule has 1 aliphatic heterocycles. The van der Waals surface area contributed by atoms with E-state index in [-0.39, 0.29) is 17.5 Å². The third kappa shape index (κ3) is 2.70. The quantitative estimate of drug-likeness (QED) is 0.863. The van der Waals surface area contributed by atoms with Gasteiger partial charge in [-0.3, -0.25) is 4.79 Å². The first kappa shape index (κ1) is 16.3. The van der Waals surface area contributed by atoms with Crippen LogP contribution in [-0.4, -0.2) is 31.6 Å². The number of rotatable bonds is 3. The molecule has 2 aromatic rings. The van der Waals surface area contributed by atoms with Gasteiger partial charge in [-0.25, -0.2) is 4.39 Å². The summed E-state index contributed by atoms with van der Waals surface area (Å²) < 4.78 is 24.7. The molecule has 0 bridgehead atoms. The second kappa shape index (κ2) is 6.51. The van der Waals surface area contributed by atoms with Crippen LogP contribution >= 0.6 is 0 Å². The van der Waals surface area contributed by atoms with E-state index in [1.807, 2.05) is 19.1 Å². The second-order valence-corrected chi connectivity index (χ2v) is 5.81. The van der Waals surface area contributed by atoms with Gasteiger partial charge < -0.3 is 14.4 Å². The van der Waals surface area contributed by atoms with Crippen LogP contribution in [0.1, 0.15) is 34.5 Å². The minimum Gasteiger partial charge on any atom is -0.493 e. The summed E-state index contributed by atoms with van der Waals surface area (Å²) in [5.41, 5.74) is 2.23. The smallest absolute Gasteiger partial charge is 0.257 e. The molecule has 0 fully saturated rings. The number of amides is 1. The number of nitrogens with zero attached hydrogens (tertiary/aromatic N) is 1. The maximum Gasteiger partial charge on any atom is 0.257 e. The Morgan fingerprint density at radius 1 is 1.17 bits per heavy atom. The normalized spacial score (nSPS) is 16.5. The Morgan fingerprint density at radius 3 is 2.50 bits per heavy atom. The number of carbonyl (C=O) groups excluding carboxylic acids is 1. The van der Waals surface area contributed by atoms with E-state index in [1.54, 1.807) is 31.3 Å². The van der Waals surface area contributed by atoms with Crippen molar-refractivity contribution in [2.75, 3.05) is 20.8 Å². The zero-order chi connectivity index (χ0) is 17.3. The summed E-state index contributed by atoms with van der Waals surface area (Å²) >= 11 is 0. The predicted molar refractivity (Wildman–Crippen MR) is 89.1 cm³/mol. The van der Waals surface area contributed by atoms with Crippen molar-refractivity contribution >= 4 is 5.91 Å². The summed E-state index contributed by atoms with van der Waals surface area (Å²) in [6.45, 7) is 2.49. The van der Waals surface area contributed by atoms with E-state index in [0.29, 0.717) is 24.5 Å². The van der Waals surface area contributed by atoms with E-state index in [2.05, 4.69) is 0 Å². The summed E-state index contributed by atoms with van der Waals surface area (Å²) in [5.74, 6) is 0.523. The van der Waals surface area contributed by atoms with E-state index < -0.39 is 5.82 Å². The van der Waals surface area contributed by atoms with E-state index in [0.717, 1.165) is 11.1 Å².